The molecule has 2 rings (SSSR count). The molecule has 6 heteroatoms. The number of aromatic carboxylic acids is 1. The molecule has 0 amide bonds. The lowest BCUT2D eigenvalue weighted by Gasteiger charge is -2.33. The summed E-state index contributed by atoms with van der Waals surface area (Å²) in [6.07, 6.45) is 0. The van der Waals surface area contributed by atoms with Crippen molar-refractivity contribution in [2.45, 2.75) is 0 Å². The van der Waals surface area contributed by atoms with Crippen LogP contribution in [-0.4, -0.2) is 54.2 Å². The van der Waals surface area contributed by atoms with Crippen LogP contribution < -0.4 is 5.43 Å². The molecule has 1 saturated heterocycles. The number of carboxylic acid groups (broad SMARTS) is 1. The highest BCUT2D eigenvalue weighted by Gasteiger charge is 2.15. The van der Waals surface area contributed by atoms with Crippen LogP contribution in [0.25, 0.3) is 0 Å². The maximum absolute atomic E-state index is 10.8. The zero-order valence-electron chi connectivity index (χ0n) is 10.2. The Morgan fingerprint density at radius 3 is 2.56 bits per heavy atom. The lowest BCUT2D eigenvalue weighted by Crippen LogP contribution is -2.46. The van der Waals surface area contributed by atoms with Crippen LogP contribution in [0.2, 0.25) is 5.02 Å². The van der Waals surface area contributed by atoms with Gasteiger partial charge in [-0.15, -0.1) is 0 Å². The predicted octanol–water partition coefficient (Wildman–Crippen LogP) is 1.61. The number of rotatable bonds is 3. The summed E-state index contributed by atoms with van der Waals surface area (Å²) in [5.74, 6) is -0.969. The van der Waals surface area contributed by atoms with Gasteiger partial charge in [0.25, 0.3) is 0 Å². The van der Waals surface area contributed by atoms with Crippen molar-refractivity contribution in [2.24, 2.45) is 0 Å². The zero-order valence-corrected chi connectivity index (χ0v) is 10.9. The molecule has 1 aliphatic heterocycles. The van der Waals surface area contributed by atoms with Gasteiger partial charge >= 0.3 is 5.97 Å². The Morgan fingerprint density at radius 2 is 2.00 bits per heavy atom. The molecule has 1 fully saturated rings. The SMILES string of the molecule is CN1CCN(Nc2ccc(C(=O)O)cc2Cl)CC1. The number of benzene rings is 1. The topological polar surface area (TPSA) is 55.8 Å². The summed E-state index contributed by atoms with van der Waals surface area (Å²) in [5, 5.41) is 11.4. The molecule has 0 saturated carbocycles. The van der Waals surface area contributed by atoms with Gasteiger partial charge in [0.1, 0.15) is 0 Å². The Labute approximate surface area is 111 Å². The first-order chi connectivity index (χ1) is 8.56. The van der Waals surface area contributed by atoms with Crippen LogP contribution in [0.5, 0.6) is 0 Å². The number of piperazine rings is 1. The maximum atomic E-state index is 10.8. The molecule has 18 heavy (non-hydrogen) atoms. The van der Waals surface area contributed by atoms with Gasteiger partial charge in [0.15, 0.2) is 0 Å². The van der Waals surface area contributed by atoms with Gasteiger partial charge in [-0.1, -0.05) is 11.6 Å². The molecule has 2 N–H and O–H groups in total. The molecular formula is C12H16ClN3O2. The average Bonchev–Trinajstić information content (AvgIpc) is 2.34. The third-order valence-corrected chi connectivity index (χ3v) is 3.31. The molecule has 0 bridgehead atoms. The number of hydrazine groups is 1. The number of nitrogens with one attached hydrogen (secondary N) is 1. The van der Waals surface area contributed by atoms with Gasteiger partial charge in [-0.3, -0.25) is 0 Å². The highest BCUT2D eigenvalue weighted by molar-refractivity contribution is 6.33. The van der Waals surface area contributed by atoms with Crippen molar-refractivity contribution in [3.8, 4) is 0 Å². The minimum atomic E-state index is -0.969. The molecule has 0 radical (unpaired) electrons. The lowest BCUT2D eigenvalue weighted by molar-refractivity contribution is 0.0697. The minimum absolute atomic E-state index is 0.198. The summed E-state index contributed by atoms with van der Waals surface area (Å²) < 4.78 is 0. The van der Waals surface area contributed by atoms with Gasteiger partial charge in [-0.2, -0.15) is 0 Å². The molecule has 0 atom stereocenters. The largest absolute Gasteiger partial charge is 0.478 e. The number of carboxylic acids is 1. The summed E-state index contributed by atoms with van der Waals surface area (Å²) in [4.78, 5) is 13.1. The summed E-state index contributed by atoms with van der Waals surface area (Å²) in [5.41, 5.74) is 4.16. The molecule has 98 valence electrons. The van der Waals surface area contributed by atoms with Crippen molar-refractivity contribution < 1.29 is 9.90 Å². The first-order valence-corrected chi connectivity index (χ1v) is 6.17. The zero-order chi connectivity index (χ0) is 13.1. The van der Waals surface area contributed by atoms with Gasteiger partial charge in [-0.25, -0.2) is 9.80 Å². The molecule has 0 spiro atoms. The molecule has 1 aromatic carbocycles. The standard InChI is InChI=1S/C12H16ClN3O2/c1-15-4-6-16(7-5-15)14-11-3-2-9(12(17)18)8-10(11)13/h2-3,8,14H,4-7H2,1H3,(H,17,18). The van der Waals surface area contributed by atoms with E-state index in [1.54, 1.807) is 12.1 Å². The van der Waals surface area contributed by atoms with E-state index in [1.807, 2.05) is 0 Å². The second-order valence-electron chi connectivity index (χ2n) is 4.40. The first-order valence-electron chi connectivity index (χ1n) is 5.79. The lowest BCUT2D eigenvalue weighted by atomic mass is 10.2. The Kier molecular flexibility index (Phi) is 4.06. The fourth-order valence-corrected chi connectivity index (χ4v) is 2.05. The van der Waals surface area contributed by atoms with E-state index in [-0.39, 0.29) is 5.56 Å². The third kappa shape index (κ3) is 3.13. The Bertz CT molecular complexity index is 445. The average molecular weight is 270 g/mol. The van der Waals surface area contributed by atoms with Crippen LogP contribution in [0.15, 0.2) is 18.2 Å². The van der Waals surface area contributed by atoms with Gasteiger partial charge in [0.2, 0.25) is 0 Å². The van der Waals surface area contributed by atoms with E-state index in [2.05, 4.69) is 22.4 Å². The van der Waals surface area contributed by atoms with E-state index < -0.39 is 5.97 Å². The summed E-state index contributed by atoms with van der Waals surface area (Å²) in [6, 6.07) is 4.71. The van der Waals surface area contributed by atoms with Crippen molar-refractivity contribution in [1.29, 1.82) is 0 Å². The number of likely N-dealkylation sites (N-methyl/N-ethyl adjacent to an activating group) is 1. The molecule has 5 nitrogen and oxygen atoms in total. The number of halogens is 1. The van der Waals surface area contributed by atoms with Crippen molar-refractivity contribution in [2.75, 3.05) is 38.7 Å². The Balaban J connectivity index is 2.03. The molecule has 0 aliphatic carbocycles. The normalized spacial score (nSPS) is 17.7. The number of carbonyl (C=O) groups is 1. The molecule has 1 heterocycles. The van der Waals surface area contributed by atoms with Crippen LogP contribution in [0.4, 0.5) is 5.69 Å². The van der Waals surface area contributed by atoms with Gasteiger partial charge in [0, 0.05) is 26.2 Å². The van der Waals surface area contributed by atoms with E-state index in [9.17, 15) is 4.79 Å². The Hall–Kier alpha value is -1.30. The van der Waals surface area contributed by atoms with Crippen molar-refractivity contribution >= 4 is 23.3 Å². The van der Waals surface area contributed by atoms with Crippen LogP contribution in [0.3, 0.4) is 0 Å². The van der Waals surface area contributed by atoms with E-state index >= 15 is 0 Å². The summed E-state index contributed by atoms with van der Waals surface area (Å²) in [7, 11) is 2.09. The second kappa shape index (κ2) is 5.56. The third-order valence-electron chi connectivity index (χ3n) is 3.00. The highest BCUT2D eigenvalue weighted by atomic mass is 35.5. The molecule has 1 aliphatic rings. The van der Waals surface area contributed by atoms with Gasteiger partial charge < -0.3 is 15.4 Å². The second-order valence-corrected chi connectivity index (χ2v) is 4.81. The van der Waals surface area contributed by atoms with Crippen LogP contribution in [0, 0.1) is 0 Å². The number of anilines is 1. The van der Waals surface area contributed by atoms with E-state index in [1.165, 1.54) is 6.07 Å². The van der Waals surface area contributed by atoms with E-state index in [0.717, 1.165) is 31.9 Å². The van der Waals surface area contributed by atoms with Crippen molar-refractivity contribution in [1.82, 2.24) is 9.91 Å². The first kappa shape index (κ1) is 13.1. The van der Waals surface area contributed by atoms with Crippen LogP contribution in [-0.2, 0) is 0 Å². The molecule has 0 aromatic heterocycles. The van der Waals surface area contributed by atoms with Gasteiger partial charge in [0.05, 0.1) is 16.3 Å². The molecular weight excluding hydrogens is 254 g/mol. The highest BCUT2D eigenvalue weighted by Crippen LogP contribution is 2.23. The quantitative estimate of drug-likeness (QED) is 0.873. The summed E-state index contributed by atoms with van der Waals surface area (Å²) in [6.45, 7) is 3.82. The number of nitrogens with zero attached hydrogens (tertiary/aromatic N) is 2. The summed E-state index contributed by atoms with van der Waals surface area (Å²) >= 11 is 6.06. The minimum Gasteiger partial charge on any atom is -0.478 e. The van der Waals surface area contributed by atoms with E-state index in [4.69, 9.17) is 16.7 Å². The van der Waals surface area contributed by atoms with Crippen molar-refractivity contribution in [3.63, 3.8) is 0 Å². The smallest absolute Gasteiger partial charge is 0.335 e. The van der Waals surface area contributed by atoms with Crippen LogP contribution >= 0.6 is 11.6 Å². The molecule has 0 unspecified atom stereocenters. The Morgan fingerprint density at radius 1 is 1.33 bits per heavy atom. The van der Waals surface area contributed by atoms with Crippen LogP contribution in [0.1, 0.15) is 10.4 Å². The fourth-order valence-electron chi connectivity index (χ4n) is 1.83. The predicted molar refractivity (Wildman–Crippen MR) is 71.1 cm³/mol. The maximum Gasteiger partial charge on any atom is 0.335 e. The molecule has 1 aromatic rings. The number of hydrogen-bond donors (Lipinski definition) is 2. The number of hydrogen-bond acceptors (Lipinski definition) is 4. The fraction of sp³-hybridized carbons (Fsp3) is 0.417. The van der Waals surface area contributed by atoms with Gasteiger partial charge in [-0.05, 0) is 25.2 Å². The van der Waals surface area contributed by atoms with Crippen molar-refractivity contribution in [3.05, 3.63) is 28.8 Å². The van der Waals surface area contributed by atoms with E-state index in [0.29, 0.717) is 5.02 Å². The monoisotopic (exact) mass is 269 g/mol.